The van der Waals surface area contributed by atoms with Crippen LogP contribution in [0.2, 0.25) is 0 Å². The summed E-state index contributed by atoms with van der Waals surface area (Å²) >= 11 is 3.36. The number of halogens is 1. The first-order chi connectivity index (χ1) is 8.44. The van der Waals surface area contributed by atoms with Crippen LogP contribution in [-0.2, 0) is 6.54 Å². The van der Waals surface area contributed by atoms with Crippen molar-refractivity contribution in [3.05, 3.63) is 22.4 Å². The summed E-state index contributed by atoms with van der Waals surface area (Å²) in [4.78, 5) is 13.5. The summed E-state index contributed by atoms with van der Waals surface area (Å²) in [6.07, 6.45) is 6.59. The Morgan fingerprint density at radius 3 is 2.61 bits per heavy atom. The summed E-state index contributed by atoms with van der Waals surface area (Å²) in [7, 11) is 4.18. The van der Waals surface area contributed by atoms with E-state index in [2.05, 4.69) is 34.9 Å². The molecule has 100 valence electrons. The number of likely N-dealkylation sites (N-methyl/N-ethyl adjacent to an activating group) is 1. The summed E-state index contributed by atoms with van der Waals surface area (Å²) in [6.45, 7) is 0.743. The predicted octanol–water partition coefficient (Wildman–Crippen LogP) is 2.82. The van der Waals surface area contributed by atoms with E-state index >= 15 is 0 Å². The van der Waals surface area contributed by atoms with Gasteiger partial charge in [-0.2, -0.15) is 0 Å². The van der Waals surface area contributed by atoms with Crippen LogP contribution in [-0.4, -0.2) is 40.2 Å². The molecule has 0 aliphatic heterocycles. The van der Waals surface area contributed by atoms with Crippen molar-refractivity contribution in [2.24, 2.45) is 0 Å². The third kappa shape index (κ3) is 2.47. The van der Waals surface area contributed by atoms with Gasteiger partial charge in [-0.15, -0.1) is 0 Å². The fourth-order valence-corrected chi connectivity index (χ4v) is 3.35. The highest BCUT2D eigenvalue weighted by molar-refractivity contribution is 9.10. The van der Waals surface area contributed by atoms with E-state index in [1.54, 1.807) is 6.07 Å². The van der Waals surface area contributed by atoms with Gasteiger partial charge in [-0.1, -0.05) is 12.8 Å². The molecule has 0 spiro atoms. The van der Waals surface area contributed by atoms with E-state index in [1.165, 1.54) is 12.8 Å². The zero-order valence-electron chi connectivity index (χ0n) is 10.8. The zero-order valence-corrected chi connectivity index (χ0v) is 12.4. The number of carboxylic acids is 1. The van der Waals surface area contributed by atoms with Gasteiger partial charge in [0.05, 0.1) is 0 Å². The standard InChI is InChI=1S/C13H19BrN2O2/c1-15(2)13(5-3-4-6-13)9-16-8-10(14)7-11(16)12(17)18/h7-8H,3-6,9H2,1-2H3,(H,17,18). The Labute approximate surface area is 116 Å². The molecule has 5 heteroatoms. The lowest BCUT2D eigenvalue weighted by Crippen LogP contribution is -2.45. The third-order valence-corrected chi connectivity index (χ3v) is 4.46. The van der Waals surface area contributed by atoms with Crippen molar-refractivity contribution in [3.63, 3.8) is 0 Å². The van der Waals surface area contributed by atoms with Gasteiger partial charge in [0.25, 0.3) is 0 Å². The highest BCUT2D eigenvalue weighted by atomic mass is 79.9. The minimum Gasteiger partial charge on any atom is -0.477 e. The summed E-state index contributed by atoms with van der Waals surface area (Å²) in [6, 6.07) is 1.67. The maximum Gasteiger partial charge on any atom is 0.352 e. The van der Waals surface area contributed by atoms with E-state index in [4.69, 9.17) is 0 Å². The molecule has 0 bridgehead atoms. The first-order valence-electron chi connectivity index (χ1n) is 6.21. The summed E-state index contributed by atoms with van der Waals surface area (Å²) in [5, 5.41) is 9.22. The Kier molecular flexibility index (Phi) is 3.82. The minimum absolute atomic E-state index is 0.0999. The highest BCUT2D eigenvalue weighted by Gasteiger charge is 2.37. The number of carboxylic acid groups (broad SMARTS) is 1. The van der Waals surface area contributed by atoms with Gasteiger partial charge in [0, 0.05) is 22.8 Å². The molecule has 1 heterocycles. The Bertz CT molecular complexity index is 448. The molecular formula is C13H19BrN2O2. The molecule has 2 rings (SSSR count). The lowest BCUT2D eigenvalue weighted by molar-refractivity contribution is 0.0675. The molecule has 4 nitrogen and oxygen atoms in total. The predicted molar refractivity (Wildman–Crippen MR) is 74.0 cm³/mol. The van der Waals surface area contributed by atoms with E-state index < -0.39 is 5.97 Å². The van der Waals surface area contributed by atoms with Gasteiger partial charge in [-0.3, -0.25) is 0 Å². The number of carbonyl (C=O) groups is 1. The van der Waals surface area contributed by atoms with Crippen LogP contribution in [0.3, 0.4) is 0 Å². The summed E-state index contributed by atoms with van der Waals surface area (Å²) in [5.74, 6) is -0.868. The molecule has 0 saturated heterocycles. The van der Waals surface area contributed by atoms with Crippen molar-refractivity contribution < 1.29 is 9.90 Å². The van der Waals surface area contributed by atoms with E-state index in [-0.39, 0.29) is 5.54 Å². The lowest BCUT2D eigenvalue weighted by Gasteiger charge is -2.37. The molecule has 0 amide bonds. The Morgan fingerprint density at radius 1 is 1.50 bits per heavy atom. The first-order valence-corrected chi connectivity index (χ1v) is 7.00. The van der Waals surface area contributed by atoms with Crippen molar-refractivity contribution >= 4 is 21.9 Å². The molecule has 1 aromatic rings. The van der Waals surface area contributed by atoms with Crippen LogP contribution < -0.4 is 0 Å². The zero-order chi connectivity index (χ0) is 13.3. The smallest absolute Gasteiger partial charge is 0.352 e. The average molecular weight is 315 g/mol. The molecule has 0 radical (unpaired) electrons. The van der Waals surface area contributed by atoms with Gasteiger partial charge < -0.3 is 14.6 Å². The maximum absolute atomic E-state index is 11.2. The number of hydrogen-bond donors (Lipinski definition) is 1. The molecular weight excluding hydrogens is 296 g/mol. The quantitative estimate of drug-likeness (QED) is 0.929. The lowest BCUT2D eigenvalue weighted by atomic mass is 9.96. The Balaban J connectivity index is 2.29. The van der Waals surface area contributed by atoms with Gasteiger partial charge in [-0.05, 0) is 48.9 Å². The molecule has 1 aliphatic rings. The third-order valence-electron chi connectivity index (χ3n) is 4.03. The molecule has 0 aromatic carbocycles. The number of hydrogen-bond acceptors (Lipinski definition) is 2. The number of aromatic carboxylic acids is 1. The SMILES string of the molecule is CN(C)C1(Cn2cc(Br)cc2C(=O)O)CCCC1. The Morgan fingerprint density at radius 2 is 2.11 bits per heavy atom. The molecule has 1 aliphatic carbocycles. The fraction of sp³-hybridized carbons (Fsp3) is 0.615. The minimum atomic E-state index is -0.868. The molecule has 0 atom stereocenters. The first kappa shape index (κ1) is 13.6. The van der Waals surface area contributed by atoms with Gasteiger partial charge in [0.2, 0.25) is 0 Å². The van der Waals surface area contributed by atoms with Gasteiger partial charge in [0.15, 0.2) is 0 Å². The molecule has 1 saturated carbocycles. The average Bonchev–Trinajstić information content (AvgIpc) is 2.86. The molecule has 1 aromatic heterocycles. The fourth-order valence-electron chi connectivity index (χ4n) is 2.88. The van der Waals surface area contributed by atoms with Crippen LogP contribution in [0.1, 0.15) is 36.2 Å². The topological polar surface area (TPSA) is 45.5 Å². The van der Waals surface area contributed by atoms with Crippen LogP contribution in [0, 0.1) is 0 Å². The number of rotatable bonds is 4. The van der Waals surface area contributed by atoms with Crippen molar-refractivity contribution in [3.8, 4) is 0 Å². The van der Waals surface area contributed by atoms with Crippen LogP contribution in [0.25, 0.3) is 0 Å². The van der Waals surface area contributed by atoms with Crippen LogP contribution >= 0.6 is 15.9 Å². The highest BCUT2D eigenvalue weighted by Crippen LogP contribution is 2.36. The molecule has 18 heavy (non-hydrogen) atoms. The van der Waals surface area contributed by atoms with Crippen molar-refractivity contribution in [2.75, 3.05) is 14.1 Å². The van der Waals surface area contributed by atoms with Crippen molar-refractivity contribution in [1.29, 1.82) is 0 Å². The van der Waals surface area contributed by atoms with Crippen molar-refractivity contribution in [1.82, 2.24) is 9.47 Å². The van der Waals surface area contributed by atoms with E-state index in [9.17, 15) is 9.90 Å². The number of nitrogens with zero attached hydrogens (tertiary/aromatic N) is 2. The van der Waals surface area contributed by atoms with Crippen LogP contribution in [0.4, 0.5) is 0 Å². The van der Waals surface area contributed by atoms with E-state index in [0.717, 1.165) is 23.9 Å². The molecule has 0 unspecified atom stereocenters. The molecule has 1 fully saturated rings. The normalized spacial score (nSPS) is 18.4. The second-order valence-electron chi connectivity index (χ2n) is 5.30. The number of aromatic nitrogens is 1. The monoisotopic (exact) mass is 314 g/mol. The maximum atomic E-state index is 11.2. The molecule has 1 N–H and O–H groups in total. The van der Waals surface area contributed by atoms with Gasteiger partial charge in [0.1, 0.15) is 5.69 Å². The Hall–Kier alpha value is -0.810. The second kappa shape index (κ2) is 5.05. The van der Waals surface area contributed by atoms with Crippen molar-refractivity contribution in [2.45, 2.75) is 37.8 Å². The van der Waals surface area contributed by atoms with Gasteiger partial charge in [-0.25, -0.2) is 4.79 Å². The van der Waals surface area contributed by atoms with Crippen LogP contribution in [0.15, 0.2) is 16.7 Å². The largest absolute Gasteiger partial charge is 0.477 e. The van der Waals surface area contributed by atoms with Crippen LogP contribution in [0.5, 0.6) is 0 Å². The van der Waals surface area contributed by atoms with E-state index in [1.807, 2.05) is 10.8 Å². The van der Waals surface area contributed by atoms with E-state index in [0.29, 0.717) is 5.69 Å². The summed E-state index contributed by atoms with van der Waals surface area (Å²) in [5.41, 5.74) is 0.456. The van der Waals surface area contributed by atoms with Gasteiger partial charge >= 0.3 is 5.97 Å². The second-order valence-corrected chi connectivity index (χ2v) is 6.22. The summed E-state index contributed by atoms with van der Waals surface area (Å²) < 4.78 is 2.68.